The van der Waals surface area contributed by atoms with Crippen molar-refractivity contribution in [2.75, 3.05) is 6.61 Å². The number of hydrogen-bond acceptors (Lipinski definition) is 7. The zero-order valence-corrected chi connectivity index (χ0v) is 22.1. The van der Waals surface area contributed by atoms with Gasteiger partial charge < -0.3 is 9.47 Å². The summed E-state index contributed by atoms with van der Waals surface area (Å²) in [6.07, 6.45) is 6.86. The van der Waals surface area contributed by atoms with E-state index in [-0.39, 0.29) is 6.61 Å². The van der Waals surface area contributed by atoms with Crippen molar-refractivity contribution in [3.05, 3.63) is 78.6 Å². The van der Waals surface area contributed by atoms with Crippen LogP contribution in [0.5, 0.6) is 0 Å². The van der Waals surface area contributed by atoms with Crippen molar-refractivity contribution in [3.8, 4) is 22.5 Å². The Morgan fingerprint density at radius 1 is 0.919 bits per heavy atom. The Balaban J connectivity index is 1.87. The molecule has 2 aromatic carbocycles. The lowest BCUT2D eigenvalue weighted by atomic mass is 9.77. The zero-order chi connectivity index (χ0) is 26.5. The van der Waals surface area contributed by atoms with Crippen LogP contribution in [0.4, 0.5) is 0 Å². The molecule has 2 atom stereocenters. The summed E-state index contributed by atoms with van der Waals surface area (Å²) in [6.45, 7) is 9.25. The molecule has 0 N–H and O–H groups in total. The second kappa shape index (κ2) is 10.7. The van der Waals surface area contributed by atoms with Crippen LogP contribution in [0.25, 0.3) is 22.5 Å². The summed E-state index contributed by atoms with van der Waals surface area (Å²) in [7, 11) is 0. The number of benzene rings is 2. The minimum Gasteiger partial charge on any atom is -0.458 e. The van der Waals surface area contributed by atoms with Crippen LogP contribution in [0.15, 0.2) is 77.8 Å². The van der Waals surface area contributed by atoms with Gasteiger partial charge in [0.2, 0.25) is 0 Å². The third-order valence-corrected chi connectivity index (χ3v) is 6.27. The quantitative estimate of drug-likeness (QED) is 0.338. The van der Waals surface area contributed by atoms with Crippen LogP contribution < -0.4 is 0 Å². The fourth-order valence-electron chi connectivity index (χ4n) is 4.57. The molecule has 0 fully saturated rings. The highest BCUT2D eigenvalue weighted by Gasteiger charge is 2.53. The molecular formula is C30H34N4O3. The van der Waals surface area contributed by atoms with Crippen LogP contribution >= 0.6 is 0 Å². The smallest absolute Gasteiger partial charge is 0.332 e. The lowest BCUT2D eigenvalue weighted by Gasteiger charge is -2.42. The predicted octanol–water partition coefficient (Wildman–Crippen LogP) is 5.96. The number of ether oxygens (including phenoxy) is 2. The minimum atomic E-state index is -1.14. The number of aliphatic imine (C=N–C) groups is 1. The highest BCUT2D eigenvalue weighted by atomic mass is 16.6. The maximum Gasteiger partial charge on any atom is 0.332 e. The van der Waals surface area contributed by atoms with Gasteiger partial charge in [-0.1, -0.05) is 80.1 Å². The van der Waals surface area contributed by atoms with Gasteiger partial charge in [-0.15, -0.1) is 10.2 Å². The van der Waals surface area contributed by atoms with Crippen LogP contribution in [-0.4, -0.2) is 45.1 Å². The molecule has 0 saturated carbocycles. The first-order chi connectivity index (χ1) is 17.7. The van der Waals surface area contributed by atoms with Gasteiger partial charge in [-0.05, 0) is 40.2 Å². The first-order valence-corrected chi connectivity index (χ1v) is 12.6. The largest absolute Gasteiger partial charge is 0.458 e. The first kappa shape index (κ1) is 26.4. The van der Waals surface area contributed by atoms with E-state index in [1.807, 2.05) is 101 Å². The van der Waals surface area contributed by atoms with Crippen molar-refractivity contribution in [1.29, 1.82) is 0 Å². The fraction of sp³-hybridized carbons (Fsp3) is 0.367. The number of allylic oxidation sites excluding steroid dienone is 1. The molecule has 4 rings (SSSR count). The van der Waals surface area contributed by atoms with Crippen LogP contribution in [0.2, 0.25) is 0 Å². The van der Waals surface area contributed by atoms with Crippen molar-refractivity contribution in [2.45, 2.75) is 64.2 Å². The maximum absolute atomic E-state index is 12.7. The molecule has 0 spiro atoms. The highest BCUT2D eigenvalue weighted by molar-refractivity contribution is 5.78. The molecule has 2 heterocycles. The van der Waals surface area contributed by atoms with Crippen molar-refractivity contribution < 1.29 is 14.3 Å². The van der Waals surface area contributed by atoms with Gasteiger partial charge >= 0.3 is 5.97 Å². The van der Waals surface area contributed by atoms with E-state index in [2.05, 4.69) is 17.1 Å². The van der Waals surface area contributed by atoms with Crippen LogP contribution in [0, 0.1) is 0 Å². The maximum atomic E-state index is 12.7. The van der Waals surface area contributed by atoms with Gasteiger partial charge in [0.25, 0.3) is 0 Å². The number of esters is 1. The van der Waals surface area contributed by atoms with E-state index in [1.54, 1.807) is 6.21 Å². The molecule has 0 radical (unpaired) electrons. The van der Waals surface area contributed by atoms with Gasteiger partial charge in [-0.25, -0.2) is 9.78 Å². The molecule has 7 nitrogen and oxygen atoms in total. The van der Waals surface area contributed by atoms with E-state index in [0.29, 0.717) is 23.6 Å². The average molecular weight is 499 g/mol. The molecule has 0 aliphatic carbocycles. The summed E-state index contributed by atoms with van der Waals surface area (Å²) < 4.78 is 12.0. The molecule has 1 aromatic heterocycles. The van der Waals surface area contributed by atoms with Crippen LogP contribution in [0.3, 0.4) is 0 Å². The predicted molar refractivity (Wildman–Crippen MR) is 145 cm³/mol. The van der Waals surface area contributed by atoms with Gasteiger partial charge in [0, 0.05) is 17.3 Å². The average Bonchev–Trinajstić information content (AvgIpc) is 3.34. The second-order valence-corrected chi connectivity index (χ2v) is 10.3. The fourth-order valence-corrected chi connectivity index (χ4v) is 4.57. The summed E-state index contributed by atoms with van der Waals surface area (Å²) in [6, 6.07) is 19.8. The molecule has 1 aliphatic heterocycles. The topological polar surface area (TPSA) is 86.6 Å². The molecule has 3 aromatic rings. The monoisotopic (exact) mass is 498 g/mol. The normalized spacial score (nSPS) is 18.5. The number of carbonyl (C=O) groups is 1. The SMILES string of the molecule is CCCC(OCC(=O)OC(C)(C)C)(c1nnc(-c2ccccc2)c(-c2ccccc2)n1)C1(C)C=CC=N1. The lowest BCUT2D eigenvalue weighted by Crippen LogP contribution is -2.51. The molecule has 7 heteroatoms. The Labute approximate surface area is 218 Å². The summed E-state index contributed by atoms with van der Waals surface area (Å²) in [5.74, 6) is -0.0812. The summed E-state index contributed by atoms with van der Waals surface area (Å²) in [5, 5.41) is 9.31. The van der Waals surface area contributed by atoms with Gasteiger partial charge in [-0.2, -0.15) is 0 Å². The van der Waals surface area contributed by atoms with Crippen LogP contribution in [-0.2, 0) is 19.9 Å². The Kier molecular flexibility index (Phi) is 7.64. The van der Waals surface area contributed by atoms with E-state index in [1.165, 1.54) is 0 Å². The number of nitrogens with zero attached hydrogens (tertiary/aromatic N) is 4. The molecule has 37 heavy (non-hydrogen) atoms. The van der Waals surface area contributed by atoms with Gasteiger partial charge in [0.1, 0.15) is 29.1 Å². The summed E-state index contributed by atoms with van der Waals surface area (Å²) in [4.78, 5) is 22.6. The van der Waals surface area contributed by atoms with Gasteiger partial charge in [0.05, 0.1) is 0 Å². The van der Waals surface area contributed by atoms with E-state index in [4.69, 9.17) is 19.5 Å². The van der Waals surface area contributed by atoms with E-state index >= 15 is 0 Å². The van der Waals surface area contributed by atoms with Crippen molar-refractivity contribution >= 4 is 12.2 Å². The molecule has 2 unspecified atom stereocenters. The first-order valence-electron chi connectivity index (χ1n) is 12.6. The Morgan fingerprint density at radius 2 is 1.54 bits per heavy atom. The van der Waals surface area contributed by atoms with E-state index in [9.17, 15) is 4.79 Å². The number of carbonyl (C=O) groups excluding carboxylic acids is 1. The molecule has 0 amide bonds. The summed E-state index contributed by atoms with van der Waals surface area (Å²) in [5.41, 5.74) is 0.567. The molecule has 192 valence electrons. The van der Waals surface area contributed by atoms with E-state index in [0.717, 1.165) is 17.5 Å². The zero-order valence-electron chi connectivity index (χ0n) is 22.1. The molecule has 1 aliphatic rings. The van der Waals surface area contributed by atoms with E-state index < -0.39 is 22.7 Å². The second-order valence-electron chi connectivity index (χ2n) is 10.3. The minimum absolute atomic E-state index is 0.263. The number of aromatic nitrogens is 3. The van der Waals surface area contributed by atoms with Gasteiger partial charge in [0.15, 0.2) is 11.4 Å². The van der Waals surface area contributed by atoms with Crippen molar-refractivity contribution in [2.24, 2.45) is 4.99 Å². The molecular weight excluding hydrogens is 464 g/mol. The Bertz CT molecular complexity index is 1270. The van der Waals surface area contributed by atoms with Crippen molar-refractivity contribution in [3.63, 3.8) is 0 Å². The van der Waals surface area contributed by atoms with Crippen molar-refractivity contribution in [1.82, 2.24) is 15.2 Å². The third kappa shape index (κ3) is 5.67. The number of hydrogen-bond donors (Lipinski definition) is 0. The van der Waals surface area contributed by atoms with Gasteiger partial charge in [-0.3, -0.25) is 4.99 Å². The number of rotatable bonds is 9. The Hall–Kier alpha value is -3.71. The highest BCUT2D eigenvalue weighted by Crippen LogP contribution is 2.45. The lowest BCUT2D eigenvalue weighted by molar-refractivity contribution is -0.173. The van der Waals surface area contributed by atoms with Crippen LogP contribution in [0.1, 0.15) is 53.3 Å². The summed E-state index contributed by atoms with van der Waals surface area (Å²) >= 11 is 0. The Morgan fingerprint density at radius 3 is 2.08 bits per heavy atom. The standard InChI is InChI=1S/C30H34N4O3/c1-6-18-30(29(5)19-13-20-31-29,36-21-24(35)37-28(2,3)4)27-32-25(22-14-9-7-10-15-22)26(33-34-27)23-16-11-8-12-17-23/h7-17,19-20H,6,18,21H2,1-5H3. The third-order valence-electron chi connectivity index (χ3n) is 6.27. The molecule has 0 saturated heterocycles. The molecule has 0 bridgehead atoms.